The van der Waals surface area contributed by atoms with Crippen LogP contribution in [0.15, 0.2) is 0 Å². The number of rotatable bonds is 12. The molecule has 0 unspecified atom stereocenters. The van der Waals surface area contributed by atoms with Gasteiger partial charge in [-0.15, -0.1) is 0 Å². The lowest BCUT2D eigenvalue weighted by Crippen LogP contribution is -2.46. The van der Waals surface area contributed by atoms with E-state index < -0.39 is 0 Å². The molecule has 2 aliphatic heterocycles. The summed E-state index contributed by atoms with van der Waals surface area (Å²) in [6, 6.07) is 0.525. The summed E-state index contributed by atoms with van der Waals surface area (Å²) in [4.78, 5) is 25.7. The van der Waals surface area contributed by atoms with E-state index in [1.165, 1.54) is 51.9 Å². The van der Waals surface area contributed by atoms with Gasteiger partial charge in [-0.3, -0.25) is 14.5 Å². The molecule has 0 radical (unpaired) electrons. The van der Waals surface area contributed by atoms with Crippen molar-refractivity contribution < 1.29 is 19.1 Å². The van der Waals surface area contributed by atoms with Crippen molar-refractivity contribution in [2.24, 2.45) is 0 Å². The van der Waals surface area contributed by atoms with Gasteiger partial charge in [-0.2, -0.15) is 0 Å². The molecule has 0 aromatic heterocycles. The molecule has 2 saturated heterocycles. The summed E-state index contributed by atoms with van der Waals surface area (Å²) in [6.07, 6.45) is 14.2. The molecule has 27 heavy (non-hydrogen) atoms. The molecular weight excluding hydrogens is 342 g/mol. The molecule has 2 aliphatic rings. The Morgan fingerprint density at radius 1 is 0.889 bits per heavy atom. The number of piperidine rings is 1. The molecule has 2 rings (SSSR count). The number of likely N-dealkylation sites (N-methyl/N-ethyl adjacent to an activating group) is 1. The Kier molecular flexibility index (Phi) is 9.60. The summed E-state index contributed by atoms with van der Waals surface area (Å²) < 4.78 is 11.2. The van der Waals surface area contributed by atoms with Crippen LogP contribution < -0.4 is 0 Å². The molecule has 2 heterocycles. The highest BCUT2D eigenvalue weighted by molar-refractivity contribution is 5.69. The number of esters is 2. The van der Waals surface area contributed by atoms with Gasteiger partial charge >= 0.3 is 11.9 Å². The lowest BCUT2D eigenvalue weighted by Gasteiger charge is -2.36. The topological polar surface area (TPSA) is 55.8 Å². The number of hydrogen-bond donors (Lipinski definition) is 0. The summed E-state index contributed by atoms with van der Waals surface area (Å²) in [5, 5.41) is 0. The zero-order valence-electron chi connectivity index (χ0n) is 17.6. The van der Waals surface area contributed by atoms with E-state index in [4.69, 9.17) is 9.47 Å². The molecule has 156 valence electrons. The average Bonchev–Trinajstić information content (AvgIpc) is 2.78. The molecular formula is C22H39NO4. The molecule has 0 saturated carbocycles. The predicted octanol–water partition coefficient (Wildman–Crippen LogP) is 4.62. The second kappa shape index (κ2) is 11.7. The van der Waals surface area contributed by atoms with Crippen LogP contribution in [0.5, 0.6) is 0 Å². The van der Waals surface area contributed by atoms with Crippen molar-refractivity contribution in [2.45, 2.75) is 122 Å². The number of carbonyl (C=O) groups is 2. The fraction of sp³-hybridized carbons (Fsp3) is 0.909. The number of carbonyl (C=O) groups excluding carboxylic acids is 2. The number of hydrogen-bond acceptors (Lipinski definition) is 5. The second-order valence-electron chi connectivity index (χ2n) is 8.43. The first kappa shape index (κ1) is 22.2. The third kappa shape index (κ3) is 7.44. The first-order valence-electron chi connectivity index (χ1n) is 11.1. The zero-order chi connectivity index (χ0) is 19.6. The van der Waals surface area contributed by atoms with Gasteiger partial charge < -0.3 is 9.47 Å². The maximum Gasteiger partial charge on any atom is 0.306 e. The predicted molar refractivity (Wildman–Crippen MR) is 106 cm³/mol. The smallest absolute Gasteiger partial charge is 0.306 e. The van der Waals surface area contributed by atoms with E-state index in [9.17, 15) is 9.59 Å². The highest BCUT2D eigenvalue weighted by Crippen LogP contribution is 2.37. The second-order valence-corrected chi connectivity index (χ2v) is 8.43. The number of ether oxygens (including phenoxy) is 2. The molecule has 5 heteroatoms. The summed E-state index contributed by atoms with van der Waals surface area (Å²) in [7, 11) is 2.08. The van der Waals surface area contributed by atoms with E-state index >= 15 is 0 Å². The Hall–Kier alpha value is -1.10. The van der Waals surface area contributed by atoms with Crippen LogP contribution in [0.25, 0.3) is 0 Å². The van der Waals surface area contributed by atoms with E-state index in [0.29, 0.717) is 12.5 Å². The van der Waals surface area contributed by atoms with Gasteiger partial charge in [0.1, 0.15) is 12.2 Å². The first-order valence-corrected chi connectivity index (χ1v) is 11.1. The van der Waals surface area contributed by atoms with E-state index in [1.807, 2.05) is 0 Å². The highest BCUT2D eigenvalue weighted by atomic mass is 16.6. The molecule has 0 spiro atoms. The van der Waals surface area contributed by atoms with Gasteiger partial charge in [0, 0.05) is 38.6 Å². The minimum Gasteiger partial charge on any atom is -0.462 e. The molecule has 0 aliphatic carbocycles. The number of nitrogens with zero attached hydrogens (tertiary/aromatic N) is 1. The largest absolute Gasteiger partial charge is 0.462 e. The van der Waals surface area contributed by atoms with Crippen LogP contribution in [-0.4, -0.2) is 48.2 Å². The monoisotopic (exact) mass is 381 g/mol. The Morgan fingerprint density at radius 2 is 1.52 bits per heavy atom. The maximum atomic E-state index is 12.2. The van der Waals surface area contributed by atoms with Crippen molar-refractivity contribution >= 4 is 11.9 Å². The first-order chi connectivity index (χ1) is 13.0. The minimum atomic E-state index is -0.222. The van der Waals surface area contributed by atoms with Gasteiger partial charge in [0.25, 0.3) is 0 Å². The van der Waals surface area contributed by atoms with Gasteiger partial charge in [0.2, 0.25) is 0 Å². The highest BCUT2D eigenvalue weighted by Gasteiger charge is 2.47. The molecule has 5 nitrogen and oxygen atoms in total. The van der Waals surface area contributed by atoms with Crippen LogP contribution >= 0.6 is 0 Å². The van der Waals surface area contributed by atoms with Crippen LogP contribution in [-0.2, 0) is 19.1 Å². The van der Waals surface area contributed by atoms with Gasteiger partial charge in [0.05, 0.1) is 6.04 Å². The van der Waals surface area contributed by atoms with Crippen molar-refractivity contribution in [3.63, 3.8) is 0 Å². The normalized spacial score (nSPS) is 27.5. The Labute approximate surface area is 165 Å². The third-order valence-corrected chi connectivity index (χ3v) is 6.17. The molecule has 0 N–H and O–H groups in total. The van der Waals surface area contributed by atoms with E-state index in [1.54, 1.807) is 0 Å². The van der Waals surface area contributed by atoms with Crippen molar-refractivity contribution in [3.05, 3.63) is 0 Å². The maximum absolute atomic E-state index is 12.2. The van der Waals surface area contributed by atoms with E-state index in [-0.39, 0.29) is 30.2 Å². The quantitative estimate of drug-likeness (QED) is 0.365. The van der Waals surface area contributed by atoms with Gasteiger partial charge in [-0.25, -0.2) is 0 Å². The SMILES string of the molecule is CCCCCCCCCCCC(=O)O[C@H]1C[C@H]2C[C@H](OC(C)=O)[C@@H](C1)N2C. The van der Waals surface area contributed by atoms with Crippen molar-refractivity contribution in [1.29, 1.82) is 0 Å². The van der Waals surface area contributed by atoms with Crippen LogP contribution in [0.2, 0.25) is 0 Å². The molecule has 4 atom stereocenters. The molecule has 0 aromatic rings. The van der Waals surface area contributed by atoms with Crippen LogP contribution in [0.3, 0.4) is 0 Å². The molecule has 0 amide bonds. The molecule has 0 aromatic carbocycles. The van der Waals surface area contributed by atoms with Gasteiger partial charge in [0.15, 0.2) is 0 Å². The number of unbranched alkanes of at least 4 members (excludes halogenated alkanes) is 8. The van der Waals surface area contributed by atoms with Crippen molar-refractivity contribution in [1.82, 2.24) is 4.90 Å². The van der Waals surface area contributed by atoms with Crippen LogP contribution in [0, 0.1) is 0 Å². The van der Waals surface area contributed by atoms with E-state index in [2.05, 4.69) is 18.9 Å². The Bertz CT molecular complexity index is 467. The number of fused-ring (bicyclic) bond motifs is 2. The fourth-order valence-corrected chi connectivity index (χ4v) is 4.64. The van der Waals surface area contributed by atoms with Crippen molar-refractivity contribution in [2.75, 3.05) is 7.05 Å². The van der Waals surface area contributed by atoms with Crippen molar-refractivity contribution in [3.8, 4) is 0 Å². The summed E-state index contributed by atoms with van der Waals surface area (Å²) in [5.74, 6) is -0.282. The summed E-state index contributed by atoms with van der Waals surface area (Å²) >= 11 is 0. The van der Waals surface area contributed by atoms with Crippen LogP contribution in [0.1, 0.15) is 97.3 Å². The zero-order valence-corrected chi connectivity index (χ0v) is 17.6. The summed E-state index contributed by atoms with van der Waals surface area (Å²) in [6.45, 7) is 3.71. The van der Waals surface area contributed by atoms with Crippen LogP contribution in [0.4, 0.5) is 0 Å². The third-order valence-electron chi connectivity index (χ3n) is 6.17. The summed E-state index contributed by atoms with van der Waals surface area (Å²) in [5.41, 5.74) is 0. The standard InChI is InChI=1S/C22H39NO4/c1-4-5-6-7-8-9-10-11-12-13-22(25)27-19-14-18-15-21(26-17(2)24)20(16-19)23(18)3/h18-21H,4-16H2,1-3H3/t18-,19-,20+,21-/m0/s1. The molecule has 2 bridgehead atoms. The lowest BCUT2D eigenvalue weighted by molar-refractivity contribution is -0.155. The fourth-order valence-electron chi connectivity index (χ4n) is 4.64. The van der Waals surface area contributed by atoms with E-state index in [0.717, 1.165) is 32.1 Å². The Balaban J connectivity index is 1.57. The molecule has 2 fully saturated rings. The average molecular weight is 382 g/mol. The minimum absolute atomic E-state index is 0.0252. The lowest BCUT2D eigenvalue weighted by atomic mass is 10.00. The van der Waals surface area contributed by atoms with Gasteiger partial charge in [-0.1, -0.05) is 58.3 Å². The van der Waals surface area contributed by atoms with Gasteiger partial charge in [-0.05, 0) is 13.5 Å². The Morgan fingerprint density at radius 3 is 2.15 bits per heavy atom.